The van der Waals surface area contributed by atoms with Crippen molar-refractivity contribution < 1.29 is 21.6 Å². The Morgan fingerprint density at radius 1 is 0.926 bits per heavy atom. The lowest BCUT2D eigenvalue weighted by atomic mass is 10.2. The Morgan fingerprint density at radius 3 is 2.07 bits per heavy atom. The van der Waals surface area contributed by atoms with Gasteiger partial charge in [-0.15, -0.1) is 0 Å². The number of rotatable bonds is 6. The Balaban J connectivity index is 1.80. The maximum Gasteiger partial charge on any atom is 0.261 e. The highest BCUT2D eigenvalue weighted by atomic mass is 32.2. The lowest BCUT2D eigenvalue weighted by Crippen LogP contribution is -2.27. The number of hydrogen-bond donors (Lipinski definition) is 1. The maximum absolute atomic E-state index is 12.6. The molecule has 0 bridgehead atoms. The summed E-state index contributed by atoms with van der Waals surface area (Å²) in [6.07, 6.45) is 1.72. The highest BCUT2D eigenvalue weighted by Gasteiger charge is 2.27. The fourth-order valence-corrected chi connectivity index (χ4v) is 5.67. The molecule has 0 spiro atoms. The Morgan fingerprint density at radius 2 is 1.52 bits per heavy atom. The van der Waals surface area contributed by atoms with E-state index in [4.69, 9.17) is 4.74 Å². The minimum absolute atomic E-state index is 0.106. The lowest BCUT2D eigenvalue weighted by Gasteiger charge is -2.16. The van der Waals surface area contributed by atoms with Crippen molar-refractivity contribution in [3.8, 4) is 5.75 Å². The summed E-state index contributed by atoms with van der Waals surface area (Å²) in [6, 6.07) is 10.3. The number of nitrogens with zero attached hydrogens (tertiary/aromatic N) is 1. The molecule has 0 radical (unpaired) electrons. The fourth-order valence-electron chi connectivity index (χ4n) is 3.00. The van der Waals surface area contributed by atoms with Gasteiger partial charge in [0.2, 0.25) is 10.0 Å². The van der Waals surface area contributed by atoms with Gasteiger partial charge in [0.25, 0.3) is 10.0 Å². The molecular weight excluding hydrogens is 388 g/mol. The van der Waals surface area contributed by atoms with Crippen molar-refractivity contribution in [2.24, 2.45) is 0 Å². The van der Waals surface area contributed by atoms with Gasteiger partial charge in [-0.1, -0.05) is 0 Å². The first-order valence-electron chi connectivity index (χ1n) is 8.52. The molecule has 2 aromatic carbocycles. The summed E-state index contributed by atoms with van der Waals surface area (Å²) in [6.45, 7) is 2.80. The standard InChI is InChI=1S/C18H22N2O5S2/c1-14-13-17(9-10-18(14)25-2)26(21,22)19-15-5-7-16(8-6-15)27(23,24)20-11-3-4-12-20/h5-10,13,19H,3-4,11-12H2,1-2H3. The van der Waals surface area contributed by atoms with Gasteiger partial charge >= 0.3 is 0 Å². The van der Waals surface area contributed by atoms with E-state index >= 15 is 0 Å². The van der Waals surface area contributed by atoms with E-state index < -0.39 is 20.0 Å². The molecule has 0 aromatic heterocycles. The normalized spacial score (nSPS) is 15.6. The SMILES string of the molecule is COc1ccc(S(=O)(=O)Nc2ccc(S(=O)(=O)N3CCCC3)cc2)cc1C. The first-order chi connectivity index (χ1) is 12.7. The van der Waals surface area contributed by atoms with Crippen LogP contribution in [0, 0.1) is 6.92 Å². The van der Waals surface area contributed by atoms with Gasteiger partial charge in [-0.2, -0.15) is 4.31 Å². The Labute approximate surface area is 160 Å². The maximum atomic E-state index is 12.6. The number of hydrogen-bond acceptors (Lipinski definition) is 5. The summed E-state index contributed by atoms with van der Waals surface area (Å²) < 4.78 is 59.2. The van der Waals surface area contributed by atoms with E-state index in [2.05, 4.69) is 4.72 Å². The van der Waals surface area contributed by atoms with Crippen LogP contribution >= 0.6 is 0 Å². The Kier molecular flexibility index (Phi) is 5.45. The summed E-state index contributed by atoms with van der Waals surface area (Å²) in [4.78, 5) is 0.266. The molecule has 7 nitrogen and oxygen atoms in total. The quantitative estimate of drug-likeness (QED) is 0.790. The minimum Gasteiger partial charge on any atom is -0.496 e. The summed E-state index contributed by atoms with van der Waals surface area (Å²) in [5.41, 5.74) is 0.997. The largest absolute Gasteiger partial charge is 0.496 e. The first-order valence-corrected chi connectivity index (χ1v) is 11.4. The zero-order chi connectivity index (χ0) is 19.7. The molecule has 0 amide bonds. The van der Waals surface area contributed by atoms with Crippen molar-refractivity contribution in [2.75, 3.05) is 24.9 Å². The second kappa shape index (κ2) is 7.49. The number of aryl methyl sites for hydroxylation is 1. The van der Waals surface area contributed by atoms with Crippen molar-refractivity contribution in [1.29, 1.82) is 0 Å². The van der Waals surface area contributed by atoms with Gasteiger partial charge < -0.3 is 4.74 Å². The van der Waals surface area contributed by atoms with Crippen LogP contribution in [0.15, 0.2) is 52.3 Å². The van der Waals surface area contributed by atoms with E-state index in [1.54, 1.807) is 13.0 Å². The van der Waals surface area contributed by atoms with Crippen molar-refractivity contribution in [2.45, 2.75) is 29.6 Å². The average Bonchev–Trinajstić information content (AvgIpc) is 3.17. The van der Waals surface area contributed by atoms with Crippen molar-refractivity contribution >= 4 is 25.7 Å². The molecular formula is C18H22N2O5S2. The van der Waals surface area contributed by atoms with Gasteiger partial charge in [0.15, 0.2) is 0 Å². The van der Waals surface area contributed by atoms with Crippen molar-refractivity contribution in [3.05, 3.63) is 48.0 Å². The molecule has 27 heavy (non-hydrogen) atoms. The second-order valence-corrected chi connectivity index (χ2v) is 9.99. The highest BCUT2D eigenvalue weighted by Crippen LogP contribution is 2.25. The lowest BCUT2D eigenvalue weighted by molar-refractivity contribution is 0.411. The first kappa shape index (κ1) is 19.7. The highest BCUT2D eigenvalue weighted by molar-refractivity contribution is 7.92. The van der Waals surface area contributed by atoms with Crippen molar-refractivity contribution in [3.63, 3.8) is 0 Å². The van der Waals surface area contributed by atoms with Crippen LogP contribution in [-0.2, 0) is 20.0 Å². The van der Waals surface area contributed by atoms with E-state index in [1.807, 2.05) is 0 Å². The van der Waals surface area contributed by atoms with Crippen LogP contribution in [0.25, 0.3) is 0 Å². The van der Waals surface area contributed by atoms with Gasteiger partial charge in [0.05, 0.1) is 16.9 Å². The molecule has 1 heterocycles. The number of sulfonamides is 2. The van der Waals surface area contributed by atoms with Gasteiger partial charge in [0, 0.05) is 18.8 Å². The zero-order valence-corrected chi connectivity index (χ0v) is 16.8. The van der Waals surface area contributed by atoms with Gasteiger partial charge in [0.1, 0.15) is 5.75 Å². The van der Waals surface area contributed by atoms with E-state index in [0.29, 0.717) is 30.1 Å². The third-order valence-electron chi connectivity index (χ3n) is 4.49. The number of ether oxygens (including phenoxy) is 1. The topological polar surface area (TPSA) is 92.8 Å². The molecule has 1 aliphatic heterocycles. The van der Waals surface area contributed by atoms with Crippen LogP contribution in [0.3, 0.4) is 0 Å². The van der Waals surface area contributed by atoms with Crippen LogP contribution in [0.5, 0.6) is 5.75 Å². The van der Waals surface area contributed by atoms with Gasteiger partial charge in [-0.25, -0.2) is 16.8 Å². The third-order valence-corrected chi connectivity index (χ3v) is 7.78. The van der Waals surface area contributed by atoms with Crippen LogP contribution in [0.4, 0.5) is 5.69 Å². The van der Waals surface area contributed by atoms with E-state index in [9.17, 15) is 16.8 Å². The van der Waals surface area contributed by atoms with Crippen LogP contribution < -0.4 is 9.46 Å². The monoisotopic (exact) mass is 410 g/mol. The number of anilines is 1. The number of nitrogens with one attached hydrogen (secondary N) is 1. The Bertz CT molecular complexity index is 1030. The average molecular weight is 411 g/mol. The predicted molar refractivity (Wildman–Crippen MR) is 103 cm³/mol. The van der Waals surface area contributed by atoms with Gasteiger partial charge in [-0.05, 0) is 67.8 Å². The Hall–Kier alpha value is -2.10. The molecule has 146 valence electrons. The summed E-state index contributed by atoms with van der Waals surface area (Å²) in [5.74, 6) is 0.602. The molecule has 3 rings (SSSR count). The predicted octanol–water partition coefficient (Wildman–Crippen LogP) is 2.59. The molecule has 2 aromatic rings. The minimum atomic E-state index is -3.79. The molecule has 0 unspecified atom stereocenters. The van der Waals surface area contributed by atoms with Crippen LogP contribution in [-0.4, -0.2) is 41.3 Å². The molecule has 1 fully saturated rings. The number of methoxy groups -OCH3 is 1. The van der Waals surface area contributed by atoms with Crippen LogP contribution in [0.1, 0.15) is 18.4 Å². The van der Waals surface area contributed by atoms with Crippen LogP contribution in [0.2, 0.25) is 0 Å². The van der Waals surface area contributed by atoms with Gasteiger partial charge in [-0.3, -0.25) is 4.72 Å². The second-order valence-electron chi connectivity index (χ2n) is 6.37. The zero-order valence-electron chi connectivity index (χ0n) is 15.2. The molecule has 0 aliphatic carbocycles. The van der Waals surface area contributed by atoms with Crippen molar-refractivity contribution in [1.82, 2.24) is 4.31 Å². The van der Waals surface area contributed by atoms with E-state index in [1.165, 1.54) is 47.8 Å². The third kappa shape index (κ3) is 4.10. The summed E-state index contributed by atoms with van der Waals surface area (Å²) >= 11 is 0. The molecule has 1 saturated heterocycles. The molecule has 0 saturated carbocycles. The number of benzene rings is 2. The molecule has 0 atom stereocenters. The molecule has 9 heteroatoms. The molecule has 1 N–H and O–H groups in total. The molecule has 1 aliphatic rings. The summed E-state index contributed by atoms with van der Waals surface area (Å²) in [7, 11) is -5.79. The smallest absolute Gasteiger partial charge is 0.261 e. The van der Waals surface area contributed by atoms with E-state index in [0.717, 1.165) is 12.8 Å². The summed E-state index contributed by atoms with van der Waals surface area (Å²) in [5, 5.41) is 0. The fraction of sp³-hybridized carbons (Fsp3) is 0.333. The van der Waals surface area contributed by atoms with E-state index in [-0.39, 0.29) is 9.79 Å².